The summed E-state index contributed by atoms with van der Waals surface area (Å²) in [5.74, 6) is 0.237. The molecule has 0 aliphatic heterocycles. The molecule has 0 aliphatic rings. The van der Waals surface area contributed by atoms with E-state index in [1.54, 1.807) is 24.3 Å². The fourth-order valence-corrected chi connectivity index (χ4v) is 1.53. The van der Waals surface area contributed by atoms with E-state index in [-0.39, 0.29) is 5.91 Å². The monoisotopic (exact) mass is 232 g/mol. The Labute approximate surface area is 101 Å². The maximum absolute atomic E-state index is 11.9. The number of hydrogen-bond acceptors (Lipinski definition) is 3. The van der Waals surface area contributed by atoms with E-state index in [0.29, 0.717) is 17.7 Å². The average molecular weight is 232 g/mol. The molecule has 1 atom stereocenters. The van der Waals surface area contributed by atoms with Gasteiger partial charge in [0.05, 0.1) is 18.7 Å². The predicted molar refractivity (Wildman–Crippen MR) is 64.8 cm³/mol. The van der Waals surface area contributed by atoms with E-state index in [4.69, 9.17) is 10.00 Å². The molecule has 1 rings (SSSR count). The summed E-state index contributed by atoms with van der Waals surface area (Å²) in [4.78, 5) is 11.9. The van der Waals surface area contributed by atoms with Crippen LogP contribution in [0.5, 0.6) is 5.75 Å². The van der Waals surface area contributed by atoms with Crippen LogP contribution in [0.2, 0.25) is 0 Å². The van der Waals surface area contributed by atoms with Gasteiger partial charge in [0, 0.05) is 0 Å². The molecule has 1 amide bonds. The number of carbonyl (C=O) groups excluding carboxylic acids is 1. The molecule has 0 heterocycles. The smallest absolute Gasteiger partial charge is 0.256 e. The first-order chi connectivity index (χ1) is 8.22. The molecule has 1 aromatic rings. The van der Waals surface area contributed by atoms with Gasteiger partial charge in [-0.05, 0) is 18.6 Å². The number of ether oxygens (including phenoxy) is 1. The number of para-hydroxylation sites is 1. The summed E-state index contributed by atoms with van der Waals surface area (Å²) >= 11 is 0. The maximum atomic E-state index is 11.9. The molecule has 1 N–H and O–H groups in total. The van der Waals surface area contributed by atoms with Crippen molar-refractivity contribution >= 4 is 5.91 Å². The second-order valence-electron chi connectivity index (χ2n) is 3.64. The van der Waals surface area contributed by atoms with Gasteiger partial charge in [0.2, 0.25) is 0 Å². The van der Waals surface area contributed by atoms with E-state index in [2.05, 4.69) is 11.4 Å². The van der Waals surface area contributed by atoms with Gasteiger partial charge in [-0.15, -0.1) is 0 Å². The fraction of sp³-hybridized carbons (Fsp3) is 0.385. The summed E-state index contributed by atoms with van der Waals surface area (Å²) < 4.78 is 5.10. The predicted octanol–water partition coefficient (Wildman–Crippen LogP) is 2.12. The van der Waals surface area contributed by atoms with Crippen LogP contribution in [0.25, 0.3) is 0 Å². The zero-order chi connectivity index (χ0) is 12.7. The number of amides is 1. The summed E-state index contributed by atoms with van der Waals surface area (Å²) in [6, 6.07) is 8.57. The number of rotatable bonds is 5. The van der Waals surface area contributed by atoms with Crippen molar-refractivity contribution in [3.05, 3.63) is 29.8 Å². The van der Waals surface area contributed by atoms with E-state index in [0.717, 1.165) is 6.42 Å². The quantitative estimate of drug-likeness (QED) is 0.845. The summed E-state index contributed by atoms with van der Waals surface area (Å²) in [7, 11) is 1.51. The third-order valence-corrected chi connectivity index (χ3v) is 2.39. The molecule has 0 saturated heterocycles. The molecule has 1 unspecified atom stereocenters. The van der Waals surface area contributed by atoms with Crippen molar-refractivity contribution in [1.29, 1.82) is 5.26 Å². The Morgan fingerprint density at radius 1 is 1.53 bits per heavy atom. The average Bonchev–Trinajstić information content (AvgIpc) is 2.38. The van der Waals surface area contributed by atoms with Crippen molar-refractivity contribution in [1.82, 2.24) is 5.32 Å². The Morgan fingerprint density at radius 3 is 2.82 bits per heavy atom. The van der Waals surface area contributed by atoms with Crippen LogP contribution in [0, 0.1) is 11.3 Å². The number of methoxy groups -OCH3 is 1. The van der Waals surface area contributed by atoms with E-state index >= 15 is 0 Å². The summed E-state index contributed by atoms with van der Waals surface area (Å²) in [6.45, 7) is 1.97. The van der Waals surface area contributed by atoms with Crippen LogP contribution in [0.3, 0.4) is 0 Å². The molecule has 4 nitrogen and oxygen atoms in total. The summed E-state index contributed by atoms with van der Waals surface area (Å²) in [5.41, 5.74) is 0.450. The molecule has 1 aromatic carbocycles. The van der Waals surface area contributed by atoms with Gasteiger partial charge in [0.15, 0.2) is 0 Å². The fourth-order valence-electron chi connectivity index (χ4n) is 1.53. The summed E-state index contributed by atoms with van der Waals surface area (Å²) in [6.07, 6.45) is 1.50. The molecule has 4 heteroatoms. The van der Waals surface area contributed by atoms with E-state index in [1.165, 1.54) is 7.11 Å². The SMILES string of the molecule is CCCC(C#N)NC(=O)c1ccccc1OC. The van der Waals surface area contributed by atoms with Crippen LogP contribution in [-0.2, 0) is 0 Å². The molecule has 0 bridgehead atoms. The highest BCUT2D eigenvalue weighted by Gasteiger charge is 2.15. The molecule has 0 fully saturated rings. The zero-order valence-corrected chi connectivity index (χ0v) is 10.1. The van der Waals surface area contributed by atoms with Crippen LogP contribution in [0.1, 0.15) is 30.1 Å². The lowest BCUT2D eigenvalue weighted by atomic mass is 10.1. The zero-order valence-electron chi connectivity index (χ0n) is 10.1. The number of hydrogen-bond donors (Lipinski definition) is 1. The number of nitrogens with zero attached hydrogens (tertiary/aromatic N) is 1. The van der Waals surface area contributed by atoms with Gasteiger partial charge >= 0.3 is 0 Å². The van der Waals surface area contributed by atoms with Gasteiger partial charge in [-0.2, -0.15) is 5.26 Å². The molecule has 0 aliphatic carbocycles. The first-order valence-corrected chi connectivity index (χ1v) is 5.56. The van der Waals surface area contributed by atoms with E-state index in [9.17, 15) is 4.79 Å². The Bertz CT molecular complexity index is 424. The Hall–Kier alpha value is -2.02. The highest BCUT2D eigenvalue weighted by atomic mass is 16.5. The van der Waals surface area contributed by atoms with Crippen molar-refractivity contribution in [2.75, 3.05) is 7.11 Å². The van der Waals surface area contributed by atoms with Crippen molar-refractivity contribution < 1.29 is 9.53 Å². The third-order valence-electron chi connectivity index (χ3n) is 2.39. The van der Waals surface area contributed by atoms with Gasteiger partial charge in [0.1, 0.15) is 11.8 Å². The largest absolute Gasteiger partial charge is 0.496 e. The van der Waals surface area contributed by atoms with Gasteiger partial charge in [-0.3, -0.25) is 4.79 Å². The van der Waals surface area contributed by atoms with Crippen LogP contribution < -0.4 is 10.1 Å². The van der Waals surface area contributed by atoms with Crippen molar-refractivity contribution in [3.8, 4) is 11.8 Å². The number of benzene rings is 1. The Balaban J connectivity index is 2.79. The standard InChI is InChI=1S/C13H16N2O2/c1-3-6-10(9-14)15-13(16)11-7-4-5-8-12(11)17-2/h4-5,7-8,10H,3,6H2,1-2H3,(H,15,16). The minimum absolute atomic E-state index is 0.276. The maximum Gasteiger partial charge on any atom is 0.256 e. The molecule has 0 aromatic heterocycles. The third kappa shape index (κ3) is 3.49. The molecule has 17 heavy (non-hydrogen) atoms. The minimum atomic E-state index is -0.447. The van der Waals surface area contributed by atoms with Crippen LogP contribution in [0.4, 0.5) is 0 Å². The highest BCUT2D eigenvalue weighted by Crippen LogP contribution is 2.17. The molecule has 0 radical (unpaired) electrons. The van der Waals surface area contributed by atoms with E-state index in [1.807, 2.05) is 6.92 Å². The number of nitrogens with one attached hydrogen (secondary N) is 1. The molecular weight excluding hydrogens is 216 g/mol. The van der Waals surface area contributed by atoms with E-state index < -0.39 is 6.04 Å². The second-order valence-corrected chi connectivity index (χ2v) is 3.64. The van der Waals surface area contributed by atoms with Gasteiger partial charge < -0.3 is 10.1 Å². The Kier molecular flexibility index (Phi) is 5.02. The Morgan fingerprint density at radius 2 is 2.24 bits per heavy atom. The van der Waals surface area contributed by atoms with Crippen molar-refractivity contribution in [2.24, 2.45) is 0 Å². The lowest BCUT2D eigenvalue weighted by Gasteiger charge is -2.12. The molecule has 0 spiro atoms. The van der Waals surface area contributed by atoms with Crippen molar-refractivity contribution in [3.63, 3.8) is 0 Å². The van der Waals surface area contributed by atoms with Crippen LogP contribution >= 0.6 is 0 Å². The van der Waals surface area contributed by atoms with Crippen LogP contribution in [-0.4, -0.2) is 19.1 Å². The minimum Gasteiger partial charge on any atom is -0.496 e. The normalized spacial score (nSPS) is 11.4. The number of nitriles is 1. The van der Waals surface area contributed by atoms with Crippen molar-refractivity contribution in [2.45, 2.75) is 25.8 Å². The van der Waals surface area contributed by atoms with Gasteiger partial charge in [-0.25, -0.2) is 0 Å². The van der Waals surface area contributed by atoms with Gasteiger partial charge in [-0.1, -0.05) is 25.5 Å². The number of carbonyl (C=O) groups is 1. The first kappa shape index (κ1) is 13.0. The second kappa shape index (κ2) is 6.54. The molecule has 0 saturated carbocycles. The highest BCUT2D eigenvalue weighted by molar-refractivity contribution is 5.97. The summed E-state index contributed by atoms with van der Waals surface area (Å²) in [5, 5.41) is 11.6. The topological polar surface area (TPSA) is 62.1 Å². The molecule has 90 valence electrons. The molecular formula is C13H16N2O2. The van der Waals surface area contributed by atoms with Crippen LogP contribution in [0.15, 0.2) is 24.3 Å². The first-order valence-electron chi connectivity index (χ1n) is 5.56. The van der Waals surface area contributed by atoms with Gasteiger partial charge in [0.25, 0.3) is 5.91 Å². The lowest BCUT2D eigenvalue weighted by Crippen LogP contribution is -2.33. The lowest BCUT2D eigenvalue weighted by molar-refractivity contribution is 0.0941.